The number of rotatable bonds is 1. The highest BCUT2D eigenvalue weighted by atomic mass is 16.5. The van der Waals surface area contributed by atoms with Gasteiger partial charge in [-0.1, -0.05) is 6.07 Å². The zero-order chi connectivity index (χ0) is 7.40. The second-order valence-electron chi connectivity index (χ2n) is 1.80. The van der Waals surface area contributed by atoms with Crippen molar-refractivity contribution in [1.82, 2.24) is 0 Å². The van der Waals surface area contributed by atoms with Crippen LogP contribution in [-0.2, 0) is 0 Å². The van der Waals surface area contributed by atoms with E-state index < -0.39 is 0 Å². The van der Waals surface area contributed by atoms with Crippen LogP contribution in [0.15, 0.2) is 24.3 Å². The van der Waals surface area contributed by atoms with Crippen LogP contribution in [0.1, 0.15) is 0 Å². The Bertz CT molecular complexity index is 265. The lowest BCUT2D eigenvalue weighted by Gasteiger charge is -1.92. The molecule has 0 aliphatic carbocycles. The van der Waals surface area contributed by atoms with Gasteiger partial charge in [-0.05, 0) is 6.07 Å². The molecule has 0 aliphatic rings. The maximum absolute atomic E-state index is 8.33. The van der Waals surface area contributed by atoms with Gasteiger partial charge >= 0.3 is 5.69 Å². The van der Waals surface area contributed by atoms with Crippen LogP contribution in [0.5, 0.6) is 5.75 Å². The summed E-state index contributed by atoms with van der Waals surface area (Å²) >= 11 is 0. The second kappa shape index (κ2) is 2.83. The van der Waals surface area contributed by atoms with E-state index >= 15 is 0 Å². The van der Waals surface area contributed by atoms with E-state index in [-0.39, 0.29) is 0 Å². The summed E-state index contributed by atoms with van der Waals surface area (Å²) in [5.74, 6) is 0.690. The van der Waals surface area contributed by atoms with E-state index in [1.165, 1.54) is 0 Å². The average molecular weight is 135 g/mol. The van der Waals surface area contributed by atoms with Crippen molar-refractivity contribution in [2.75, 3.05) is 7.11 Å². The number of ether oxygens (including phenoxy) is 1. The van der Waals surface area contributed by atoms with Crippen LogP contribution in [0.4, 0.5) is 5.69 Å². The van der Waals surface area contributed by atoms with Gasteiger partial charge in [-0.2, -0.15) is 0 Å². The molecule has 0 aliphatic heterocycles. The Balaban J connectivity index is 3.01. The minimum atomic E-state index is 0.499. The third-order valence-electron chi connectivity index (χ3n) is 1.17. The van der Waals surface area contributed by atoms with E-state index in [1.54, 1.807) is 31.4 Å². The minimum absolute atomic E-state index is 0.499. The summed E-state index contributed by atoms with van der Waals surface area (Å²) in [4.78, 5) is 3.00. The van der Waals surface area contributed by atoms with Crippen LogP contribution in [0.25, 0.3) is 4.98 Å². The van der Waals surface area contributed by atoms with Gasteiger partial charge in [0.05, 0.1) is 13.2 Å². The molecule has 1 aromatic rings. The average Bonchev–Trinajstić information content (AvgIpc) is 2.05. The Hall–Kier alpha value is -1.56. The fourth-order valence-corrected chi connectivity index (χ4v) is 0.673. The van der Waals surface area contributed by atoms with Crippen molar-refractivity contribution in [2.45, 2.75) is 0 Å². The van der Waals surface area contributed by atoms with Gasteiger partial charge in [-0.25, -0.2) is 0 Å². The van der Waals surface area contributed by atoms with Crippen molar-refractivity contribution in [3.05, 3.63) is 29.2 Å². The van der Waals surface area contributed by atoms with Gasteiger partial charge in [0, 0.05) is 6.07 Å². The summed E-state index contributed by atoms with van der Waals surface area (Å²) in [6, 6.07) is 6.87. The summed E-state index contributed by atoms with van der Waals surface area (Å²) in [5, 5.41) is 8.33. The van der Waals surface area contributed by atoms with E-state index in [1.807, 2.05) is 0 Å². The van der Waals surface area contributed by atoms with Gasteiger partial charge in [0.15, 0.2) is 4.98 Å². The monoisotopic (exact) mass is 135 g/mol. The van der Waals surface area contributed by atoms with Crippen LogP contribution in [-0.4, -0.2) is 7.11 Å². The smallest absolute Gasteiger partial charge is 0.388 e. The first kappa shape index (κ1) is 6.56. The molecule has 3 nitrogen and oxygen atoms in total. The van der Waals surface area contributed by atoms with Crippen molar-refractivity contribution in [1.29, 1.82) is 5.39 Å². The van der Waals surface area contributed by atoms with Crippen molar-refractivity contribution in [3.63, 3.8) is 0 Å². The zero-order valence-electron chi connectivity index (χ0n) is 5.61. The molecule has 0 unspecified atom stereocenters. The first-order valence-corrected chi connectivity index (χ1v) is 2.86. The van der Waals surface area contributed by atoms with Crippen LogP contribution in [0, 0.1) is 5.39 Å². The fourth-order valence-electron chi connectivity index (χ4n) is 0.673. The third kappa shape index (κ3) is 1.23. The fraction of sp³-hybridized carbons (Fsp3) is 0.143. The molecule has 1 rings (SSSR count). The molecule has 10 heavy (non-hydrogen) atoms. The predicted octanol–water partition coefficient (Wildman–Crippen LogP) is 2.18. The lowest BCUT2D eigenvalue weighted by Crippen LogP contribution is -1.79. The Kier molecular flexibility index (Phi) is 1.86. The largest absolute Gasteiger partial charge is 0.496 e. The van der Waals surface area contributed by atoms with Gasteiger partial charge in [-0.3, -0.25) is 0 Å². The summed E-state index contributed by atoms with van der Waals surface area (Å²) in [6.07, 6.45) is 0. The number of methoxy groups -OCH3 is 1. The molecule has 0 saturated carbocycles. The second-order valence-corrected chi connectivity index (χ2v) is 1.80. The molecule has 0 spiro atoms. The minimum Gasteiger partial charge on any atom is -0.496 e. The van der Waals surface area contributed by atoms with Crippen LogP contribution in [0.2, 0.25) is 0 Å². The molecule has 0 fully saturated rings. The summed E-state index contributed by atoms with van der Waals surface area (Å²) in [5.41, 5.74) is 0.499. The van der Waals surface area contributed by atoms with Gasteiger partial charge in [-0.15, -0.1) is 0 Å². The molecule has 0 saturated heterocycles. The standard InChI is InChI=1S/C7H7N2O/c1-10-7-4-2-3-6(5-7)9-8/h2-5H,1H3/q+1. The highest BCUT2D eigenvalue weighted by Gasteiger charge is 2.02. The molecule has 0 aromatic heterocycles. The van der Waals surface area contributed by atoms with Crippen molar-refractivity contribution in [2.24, 2.45) is 0 Å². The maximum Gasteiger partial charge on any atom is 0.388 e. The molecular weight excluding hydrogens is 128 g/mol. The molecule has 0 bridgehead atoms. The number of hydrogen-bond donors (Lipinski definition) is 0. The van der Waals surface area contributed by atoms with Gasteiger partial charge in [0.25, 0.3) is 0 Å². The Labute approximate surface area is 58.9 Å². The summed E-state index contributed by atoms with van der Waals surface area (Å²) in [6.45, 7) is 0. The molecular formula is C7H7N2O+. The first-order chi connectivity index (χ1) is 4.86. The van der Waals surface area contributed by atoms with E-state index in [0.29, 0.717) is 11.4 Å². The van der Waals surface area contributed by atoms with Crippen LogP contribution < -0.4 is 4.74 Å². The third-order valence-corrected chi connectivity index (χ3v) is 1.17. The van der Waals surface area contributed by atoms with E-state index in [2.05, 4.69) is 4.98 Å². The van der Waals surface area contributed by atoms with Crippen LogP contribution in [0.3, 0.4) is 0 Å². The molecule has 0 radical (unpaired) electrons. The Morgan fingerprint density at radius 1 is 1.50 bits per heavy atom. The molecule has 0 atom stereocenters. The van der Waals surface area contributed by atoms with E-state index in [4.69, 9.17) is 10.1 Å². The molecule has 3 heteroatoms. The number of diazo groups is 1. The highest BCUT2D eigenvalue weighted by molar-refractivity contribution is 5.48. The van der Waals surface area contributed by atoms with Gasteiger partial charge in [0.2, 0.25) is 5.39 Å². The molecule has 1 aromatic carbocycles. The molecule has 0 N–H and O–H groups in total. The maximum atomic E-state index is 8.33. The zero-order valence-corrected chi connectivity index (χ0v) is 5.61. The molecule has 0 amide bonds. The van der Waals surface area contributed by atoms with Crippen molar-refractivity contribution in [3.8, 4) is 5.75 Å². The molecule has 0 heterocycles. The van der Waals surface area contributed by atoms with Gasteiger partial charge in [0.1, 0.15) is 5.75 Å². The summed E-state index contributed by atoms with van der Waals surface area (Å²) < 4.78 is 4.89. The highest BCUT2D eigenvalue weighted by Crippen LogP contribution is 2.18. The summed E-state index contributed by atoms with van der Waals surface area (Å²) in [7, 11) is 1.57. The lowest BCUT2D eigenvalue weighted by molar-refractivity contribution is 0.415. The van der Waals surface area contributed by atoms with E-state index in [9.17, 15) is 0 Å². The number of nitrogens with zero attached hydrogens (tertiary/aromatic N) is 2. The SMILES string of the molecule is COc1cccc([N+]#N)c1. The predicted molar refractivity (Wildman–Crippen MR) is 37.7 cm³/mol. The van der Waals surface area contributed by atoms with E-state index in [0.717, 1.165) is 0 Å². The first-order valence-electron chi connectivity index (χ1n) is 2.86. The quantitative estimate of drug-likeness (QED) is 0.553. The van der Waals surface area contributed by atoms with Crippen molar-refractivity contribution < 1.29 is 4.74 Å². The van der Waals surface area contributed by atoms with Crippen LogP contribution >= 0.6 is 0 Å². The van der Waals surface area contributed by atoms with Gasteiger partial charge < -0.3 is 4.74 Å². The Morgan fingerprint density at radius 3 is 2.90 bits per heavy atom. The number of hydrogen-bond acceptors (Lipinski definition) is 2. The number of benzene rings is 1. The normalized spacial score (nSPS) is 8.40. The molecule has 50 valence electrons. The van der Waals surface area contributed by atoms with Crippen molar-refractivity contribution >= 4 is 5.69 Å². The Morgan fingerprint density at radius 2 is 2.30 bits per heavy atom. The lowest BCUT2D eigenvalue weighted by atomic mass is 10.3. The topological polar surface area (TPSA) is 37.4 Å².